The van der Waals surface area contributed by atoms with Crippen molar-refractivity contribution in [1.29, 1.82) is 0 Å². The first kappa shape index (κ1) is 23.1. The van der Waals surface area contributed by atoms with Gasteiger partial charge in [-0.05, 0) is 42.9 Å². The van der Waals surface area contributed by atoms with Gasteiger partial charge in [-0.3, -0.25) is 4.99 Å². The van der Waals surface area contributed by atoms with Gasteiger partial charge in [-0.25, -0.2) is 14.4 Å². The largest absolute Gasteiger partial charge is 0.341 e. The Morgan fingerprint density at radius 1 is 0.879 bits per heavy atom. The molecule has 0 fully saturated rings. The Balaban J connectivity index is 1.45. The maximum Gasteiger partial charge on any atom is 0.225 e. The smallest absolute Gasteiger partial charge is 0.225 e. The van der Waals surface area contributed by atoms with Crippen molar-refractivity contribution in [1.82, 2.24) is 9.97 Å². The lowest BCUT2D eigenvalue weighted by Crippen LogP contribution is -2.27. The number of hydrogen-bond acceptors (Lipinski definition) is 4. The summed E-state index contributed by atoms with van der Waals surface area (Å²) in [6, 6.07) is 15.4. The van der Waals surface area contributed by atoms with Gasteiger partial charge in [0.2, 0.25) is 5.95 Å². The van der Waals surface area contributed by atoms with Crippen molar-refractivity contribution < 1.29 is 4.39 Å². The molecule has 0 aliphatic carbocycles. The minimum atomic E-state index is -0.196. The van der Waals surface area contributed by atoms with E-state index in [2.05, 4.69) is 53.0 Å². The summed E-state index contributed by atoms with van der Waals surface area (Å²) < 4.78 is 14.1. The number of hydrogen-bond donors (Lipinski definition) is 0. The molecule has 0 spiro atoms. The third kappa shape index (κ3) is 5.65. The molecular weight excluding hydrogens is 411 g/mol. The monoisotopic (exact) mass is 444 g/mol. The van der Waals surface area contributed by atoms with E-state index in [0.717, 1.165) is 67.1 Å². The third-order valence-electron chi connectivity index (χ3n) is 6.26. The van der Waals surface area contributed by atoms with E-state index >= 15 is 0 Å². The van der Waals surface area contributed by atoms with Gasteiger partial charge in [0.1, 0.15) is 5.82 Å². The van der Waals surface area contributed by atoms with Crippen LogP contribution < -0.4 is 4.90 Å². The van der Waals surface area contributed by atoms with E-state index in [1.807, 2.05) is 24.5 Å². The highest BCUT2D eigenvalue weighted by Gasteiger charge is 2.22. The fourth-order valence-electron chi connectivity index (χ4n) is 4.27. The summed E-state index contributed by atoms with van der Waals surface area (Å²) >= 11 is 0. The van der Waals surface area contributed by atoms with Crippen molar-refractivity contribution in [3.8, 4) is 11.1 Å². The molecule has 0 N–H and O–H groups in total. The summed E-state index contributed by atoms with van der Waals surface area (Å²) in [6.07, 6.45) is 10.2. The molecule has 33 heavy (non-hydrogen) atoms. The number of aromatic nitrogens is 2. The van der Waals surface area contributed by atoms with Crippen molar-refractivity contribution in [2.24, 2.45) is 4.99 Å². The summed E-state index contributed by atoms with van der Waals surface area (Å²) in [5.41, 5.74) is 4.75. The molecule has 1 aromatic heterocycles. The Morgan fingerprint density at radius 3 is 2.18 bits per heavy atom. The fraction of sp³-hybridized carbons (Fsp3) is 0.393. The molecule has 1 unspecified atom stereocenters. The number of halogens is 1. The lowest BCUT2D eigenvalue weighted by molar-refractivity contribution is 0.625. The van der Waals surface area contributed by atoms with Gasteiger partial charge in [0.05, 0.1) is 6.04 Å². The van der Waals surface area contributed by atoms with Gasteiger partial charge in [-0.1, -0.05) is 69.2 Å². The van der Waals surface area contributed by atoms with Gasteiger partial charge in [0.25, 0.3) is 0 Å². The molecular formula is C28H33FN4. The number of unbranched alkanes of at least 4 members (excludes halogenated alkanes) is 2. The number of aliphatic imine (C=N–C) groups is 1. The molecule has 0 radical (unpaired) electrons. The van der Waals surface area contributed by atoms with Crippen LogP contribution in [0.3, 0.4) is 0 Å². The van der Waals surface area contributed by atoms with E-state index in [1.54, 1.807) is 6.07 Å². The Morgan fingerprint density at radius 2 is 1.55 bits per heavy atom. The quantitative estimate of drug-likeness (QED) is 0.338. The Bertz CT molecular complexity index is 1050. The Labute approximate surface area is 196 Å². The van der Waals surface area contributed by atoms with Crippen LogP contribution >= 0.6 is 0 Å². The van der Waals surface area contributed by atoms with Crippen molar-refractivity contribution in [3.63, 3.8) is 0 Å². The molecule has 172 valence electrons. The van der Waals surface area contributed by atoms with Crippen LogP contribution in [0.25, 0.3) is 11.1 Å². The minimum absolute atomic E-state index is 0.0815. The van der Waals surface area contributed by atoms with Gasteiger partial charge >= 0.3 is 0 Å². The van der Waals surface area contributed by atoms with Crippen LogP contribution in [0, 0.1) is 5.82 Å². The van der Waals surface area contributed by atoms with Gasteiger partial charge < -0.3 is 4.90 Å². The molecule has 2 heterocycles. The molecule has 1 atom stereocenters. The zero-order chi connectivity index (χ0) is 23.0. The van der Waals surface area contributed by atoms with E-state index < -0.39 is 0 Å². The third-order valence-corrected chi connectivity index (χ3v) is 6.26. The Hall–Kier alpha value is -3.08. The number of anilines is 1. The van der Waals surface area contributed by atoms with Crippen LogP contribution in [-0.4, -0.2) is 28.8 Å². The zero-order valence-corrected chi connectivity index (χ0v) is 19.7. The van der Waals surface area contributed by atoms with Crippen molar-refractivity contribution >= 4 is 11.7 Å². The molecule has 3 aromatic rings. The minimum Gasteiger partial charge on any atom is -0.341 e. The van der Waals surface area contributed by atoms with Crippen molar-refractivity contribution in [3.05, 3.63) is 77.9 Å². The molecule has 2 aromatic carbocycles. The van der Waals surface area contributed by atoms with Crippen LogP contribution in [-0.2, 0) is 0 Å². The lowest BCUT2D eigenvalue weighted by atomic mass is 10.0. The summed E-state index contributed by atoms with van der Waals surface area (Å²) in [5, 5.41) is 0. The van der Waals surface area contributed by atoms with Crippen LogP contribution in [0.2, 0.25) is 0 Å². The molecule has 5 heteroatoms. The SMILES string of the molecule is CCCCN(CCCC)c1ncc(-c2ccc(C3CCC(c4ccccc4F)=N3)cc2)cn1. The number of benzene rings is 2. The maximum absolute atomic E-state index is 14.1. The normalized spacial score (nSPS) is 15.5. The molecule has 1 aliphatic heterocycles. The molecule has 1 aliphatic rings. The summed E-state index contributed by atoms with van der Waals surface area (Å²) in [5.74, 6) is 0.622. The molecule has 0 saturated carbocycles. The van der Waals surface area contributed by atoms with E-state index in [0.29, 0.717) is 5.56 Å². The first-order valence-corrected chi connectivity index (χ1v) is 12.2. The second kappa shape index (κ2) is 11.2. The molecule has 0 amide bonds. The predicted octanol–water partition coefficient (Wildman–Crippen LogP) is 7.01. The van der Waals surface area contributed by atoms with Crippen molar-refractivity contribution in [2.75, 3.05) is 18.0 Å². The second-order valence-corrected chi connectivity index (χ2v) is 8.70. The van der Waals surface area contributed by atoms with Crippen molar-refractivity contribution in [2.45, 2.75) is 58.4 Å². The molecule has 0 bridgehead atoms. The van der Waals surface area contributed by atoms with Crippen LogP contribution in [0.5, 0.6) is 0 Å². The number of rotatable bonds is 10. The van der Waals surface area contributed by atoms with Gasteiger partial charge in [-0.2, -0.15) is 0 Å². The molecule has 4 rings (SSSR count). The molecule has 0 saturated heterocycles. The highest BCUT2D eigenvalue weighted by atomic mass is 19.1. The fourth-order valence-corrected chi connectivity index (χ4v) is 4.27. The molecule has 4 nitrogen and oxygen atoms in total. The second-order valence-electron chi connectivity index (χ2n) is 8.70. The summed E-state index contributed by atoms with van der Waals surface area (Å²) in [7, 11) is 0. The number of nitrogens with zero attached hydrogens (tertiary/aromatic N) is 4. The van der Waals surface area contributed by atoms with Crippen LogP contribution in [0.1, 0.15) is 69.5 Å². The summed E-state index contributed by atoms with van der Waals surface area (Å²) in [4.78, 5) is 16.5. The van der Waals surface area contributed by atoms with Gasteiger partial charge in [0, 0.05) is 42.3 Å². The highest BCUT2D eigenvalue weighted by molar-refractivity contribution is 6.02. The average molecular weight is 445 g/mol. The topological polar surface area (TPSA) is 41.4 Å². The Kier molecular flexibility index (Phi) is 7.82. The van der Waals surface area contributed by atoms with Crippen LogP contribution in [0.15, 0.2) is 65.9 Å². The first-order valence-electron chi connectivity index (χ1n) is 12.2. The highest BCUT2D eigenvalue weighted by Crippen LogP contribution is 2.32. The predicted molar refractivity (Wildman–Crippen MR) is 134 cm³/mol. The summed E-state index contributed by atoms with van der Waals surface area (Å²) in [6.45, 7) is 6.43. The first-order chi connectivity index (χ1) is 16.2. The lowest BCUT2D eigenvalue weighted by Gasteiger charge is -2.22. The average Bonchev–Trinajstić information content (AvgIpc) is 3.35. The van der Waals surface area contributed by atoms with E-state index in [1.165, 1.54) is 18.9 Å². The van der Waals surface area contributed by atoms with Gasteiger partial charge in [0.15, 0.2) is 0 Å². The van der Waals surface area contributed by atoms with E-state index in [9.17, 15) is 4.39 Å². The maximum atomic E-state index is 14.1. The van der Waals surface area contributed by atoms with Crippen LogP contribution in [0.4, 0.5) is 10.3 Å². The van der Waals surface area contributed by atoms with E-state index in [-0.39, 0.29) is 11.9 Å². The van der Waals surface area contributed by atoms with E-state index in [4.69, 9.17) is 4.99 Å². The van der Waals surface area contributed by atoms with Gasteiger partial charge in [-0.15, -0.1) is 0 Å². The standard InChI is InChI=1S/C28H33FN4/c1-3-5-17-33(18-6-4-2)28-30-19-23(20-31-28)21-11-13-22(14-12-21)26-15-16-27(32-26)24-9-7-8-10-25(24)29/h7-14,19-20,26H,3-6,15-18H2,1-2H3. The zero-order valence-electron chi connectivity index (χ0n) is 19.7.